The van der Waals surface area contributed by atoms with Gasteiger partial charge in [0.2, 0.25) is 0 Å². The van der Waals surface area contributed by atoms with E-state index in [4.69, 9.17) is 16.0 Å². The summed E-state index contributed by atoms with van der Waals surface area (Å²) in [6.07, 6.45) is 0. The maximum Gasteiger partial charge on any atom is 0.266 e. The topological polar surface area (TPSA) is 106 Å². The first-order valence-corrected chi connectivity index (χ1v) is 6.03. The predicted molar refractivity (Wildman–Crippen MR) is 57.7 cm³/mol. The molecule has 1 aromatic carbocycles. The Hall–Kier alpha value is -0.950. The van der Waals surface area contributed by atoms with Crippen LogP contribution in [0.2, 0.25) is 0 Å². The van der Waals surface area contributed by atoms with Gasteiger partial charge in [0, 0.05) is 12.6 Å². The zero-order valence-corrected chi connectivity index (χ0v) is 8.94. The van der Waals surface area contributed by atoms with Gasteiger partial charge in [-0.05, 0) is 11.1 Å². The quantitative estimate of drug-likeness (QED) is 0.633. The van der Waals surface area contributed by atoms with Crippen molar-refractivity contribution in [1.82, 2.24) is 0 Å². The van der Waals surface area contributed by atoms with E-state index < -0.39 is 21.9 Å². The molecule has 5 N–H and O–H groups in total. The van der Waals surface area contributed by atoms with Crippen molar-refractivity contribution >= 4 is 10.1 Å². The van der Waals surface area contributed by atoms with Gasteiger partial charge in [-0.25, -0.2) is 0 Å². The standard InChI is InChI=1S/C9H14N2O3S/c10-5-7-1-3-8(4-2-7)9(11)6-15(12,13)14/h1-4,9H,5-6,10-11H2,(H,12,13,14). The molecule has 84 valence electrons. The van der Waals surface area contributed by atoms with Gasteiger partial charge in [-0.15, -0.1) is 0 Å². The van der Waals surface area contributed by atoms with Gasteiger partial charge in [0.05, 0.1) is 5.75 Å². The second-order valence-corrected chi connectivity index (χ2v) is 4.80. The second kappa shape index (κ2) is 4.71. The van der Waals surface area contributed by atoms with E-state index in [1.807, 2.05) is 0 Å². The maximum atomic E-state index is 10.6. The summed E-state index contributed by atoms with van der Waals surface area (Å²) in [6.45, 7) is 0.424. The van der Waals surface area contributed by atoms with Gasteiger partial charge < -0.3 is 11.5 Å². The van der Waals surface area contributed by atoms with E-state index in [1.54, 1.807) is 24.3 Å². The average Bonchev–Trinajstić information content (AvgIpc) is 2.15. The van der Waals surface area contributed by atoms with Crippen LogP contribution in [0.1, 0.15) is 17.2 Å². The Labute approximate surface area is 88.8 Å². The van der Waals surface area contributed by atoms with E-state index in [0.717, 1.165) is 5.56 Å². The molecule has 1 rings (SSSR count). The molecule has 5 nitrogen and oxygen atoms in total. The van der Waals surface area contributed by atoms with Crippen molar-refractivity contribution in [3.8, 4) is 0 Å². The zero-order chi connectivity index (χ0) is 11.5. The van der Waals surface area contributed by atoms with Gasteiger partial charge in [0.15, 0.2) is 0 Å². The lowest BCUT2D eigenvalue weighted by Gasteiger charge is -2.10. The van der Waals surface area contributed by atoms with Crippen LogP contribution in [-0.4, -0.2) is 18.7 Å². The molecule has 0 spiro atoms. The van der Waals surface area contributed by atoms with Gasteiger partial charge in [0.25, 0.3) is 10.1 Å². The van der Waals surface area contributed by atoms with Crippen molar-refractivity contribution in [2.75, 3.05) is 5.75 Å². The second-order valence-electron chi connectivity index (χ2n) is 3.30. The highest BCUT2D eigenvalue weighted by molar-refractivity contribution is 7.85. The van der Waals surface area contributed by atoms with E-state index >= 15 is 0 Å². The third-order valence-corrected chi connectivity index (χ3v) is 2.81. The van der Waals surface area contributed by atoms with E-state index in [-0.39, 0.29) is 0 Å². The molecule has 0 aliphatic carbocycles. The van der Waals surface area contributed by atoms with Gasteiger partial charge >= 0.3 is 0 Å². The van der Waals surface area contributed by atoms with Gasteiger partial charge in [-0.2, -0.15) is 8.42 Å². The largest absolute Gasteiger partial charge is 0.326 e. The Morgan fingerprint density at radius 1 is 1.27 bits per heavy atom. The highest BCUT2D eigenvalue weighted by atomic mass is 32.2. The van der Waals surface area contributed by atoms with Crippen molar-refractivity contribution in [3.63, 3.8) is 0 Å². The molecule has 0 heterocycles. The highest BCUT2D eigenvalue weighted by Crippen LogP contribution is 2.13. The molecular weight excluding hydrogens is 216 g/mol. The molecule has 0 amide bonds. The summed E-state index contributed by atoms with van der Waals surface area (Å²) in [6, 6.07) is 6.25. The molecule has 0 bridgehead atoms. The molecule has 6 heteroatoms. The monoisotopic (exact) mass is 230 g/mol. The summed E-state index contributed by atoms with van der Waals surface area (Å²) in [5.74, 6) is -0.477. The van der Waals surface area contributed by atoms with Crippen molar-refractivity contribution in [2.45, 2.75) is 12.6 Å². The molecule has 1 aromatic rings. The van der Waals surface area contributed by atoms with Gasteiger partial charge in [-0.1, -0.05) is 24.3 Å². The van der Waals surface area contributed by atoms with Crippen molar-refractivity contribution in [3.05, 3.63) is 35.4 Å². The lowest BCUT2D eigenvalue weighted by Crippen LogP contribution is -2.21. The summed E-state index contributed by atoms with van der Waals surface area (Å²) in [5, 5.41) is 0. The lowest BCUT2D eigenvalue weighted by molar-refractivity contribution is 0.478. The number of nitrogens with two attached hydrogens (primary N) is 2. The molecule has 1 unspecified atom stereocenters. The fourth-order valence-corrected chi connectivity index (χ4v) is 1.87. The molecular formula is C9H14N2O3S. The Morgan fingerprint density at radius 3 is 2.20 bits per heavy atom. The Bertz CT molecular complexity index is 413. The number of hydrogen-bond donors (Lipinski definition) is 3. The summed E-state index contributed by atoms with van der Waals surface area (Å²) in [4.78, 5) is 0. The molecule has 15 heavy (non-hydrogen) atoms. The van der Waals surface area contributed by atoms with E-state index in [0.29, 0.717) is 12.1 Å². The highest BCUT2D eigenvalue weighted by Gasteiger charge is 2.14. The maximum absolute atomic E-state index is 10.6. The molecule has 0 aliphatic rings. The van der Waals surface area contributed by atoms with Crippen LogP contribution in [0, 0.1) is 0 Å². The molecule has 1 atom stereocenters. The fraction of sp³-hybridized carbons (Fsp3) is 0.333. The lowest BCUT2D eigenvalue weighted by atomic mass is 10.1. The van der Waals surface area contributed by atoms with E-state index in [9.17, 15) is 8.42 Å². The van der Waals surface area contributed by atoms with Crippen LogP contribution in [0.25, 0.3) is 0 Å². The fourth-order valence-electron chi connectivity index (χ4n) is 1.22. The number of benzene rings is 1. The minimum Gasteiger partial charge on any atom is -0.326 e. The zero-order valence-electron chi connectivity index (χ0n) is 8.13. The minimum atomic E-state index is -4.04. The SMILES string of the molecule is NCc1ccc(C(N)CS(=O)(=O)O)cc1. The Kier molecular flexibility index (Phi) is 3.81. The summed E-state index contributed by atoms with van der Waals surface area (Å²) in [7, 11) is -4.04. The van der Waals surface area contributed by atoms with Crippen LogP contribution in [0.15, 0.2) is 24.3 Å². The molecule has 0 radical (unpaired) electrons. The molecule has 0 aliphatic heterocycles. The van der Waals surface area contributed by atoms with Crippen molar-refractivity contribution < 1.29 is 13.0 Å². The van der Waals surface area contributed by atoms with Gasteiger partial charge in [0.1, 0.15) is 0 Å². The van der Waals surface area contributed by atoms with Crippen LogP contribution < -0.4 is 11.5 Å². The average molecular weight is 230 g/mol. The minimum absolute atomic E-state index is 0.424. The predicted octanol–water partition coefficient (Wildman–Crippen LogP) is 0.0329. The molecule has 0 aromatic heterocycles. The van der Waals surface area contributed by atoms with Gasteiger partial charge in [-0.3, -0.25) is 4.55 Å². The van der Waals surface area contributed by atoms with Crippen molar-refractivity contribution in [1.29, 1.82) is 0 Å². The van der Waals surface area contributed by atoms with E-state index in [2.05, 4.69) is 0 Å². The first kappa shape index (κ1) is 12.1. The Morgan fingerprint density at radius 2 is 1.80 bits per heavy atom. The third kappa shape index (κ3) is 3.96. The molecule has 0 saturated heterocycles. The third-order valence-electron chi connectivity index (χ3n) is 2.03. The van der Waals surface area contributed by atoms with E-state index in [1.165, 1.54) is 0 Å². The first-order chi connectivity index (χ1) is 6.92. The number of hydrogen-bond acceptors (Lipinski definition) is 4. The summed E-state index contributed by atoms with van der Waals surface area (Å²) >= 11 is 0. The summed E-state index contributed by atoms with van der Waals surface area (Å²) in [5.41, 5.74) is 12.6. The van der Waals surface area contributed by atoms with Crippen LogP contribution in [-0.2, 0) is 16.7 Å². The first-order valence-electron chi connectivity index (χ1n) is 4.42. The summed E-state index contributed by atoms with van der Waals surface area (Å²) < 4.78 is 29.8. The van der Waals surface area contributed by atoms with Crippen molar-refractivity contribution in [2.24, 2.45) is 11.5 Å². The van der Waals surface area contributed by atoms with Crippen LogP contribution in [0.5, 0.6) is 0 Å². The molecule has 0 fully saturated rings. The number of rotatable bonds is 4. The Balaban J connectivity index is 2.78. The van der Waals surface area contributed by atoms with Crippen LogP contribution in [0.4, 0.5) is 0 Å². The van der Waals surface area contributed by atoms with Crippen LogP contribution in [0.3, 0.4) is 0 Å². The van der Waals surface area contributed by atoms with Crippen LogP contribution >= 0.6 is 0 Å². The molecule has 0 saturated carbocycles. The normalized spacial score (nSPS) is 13.8. The smallest absolute Gasteiger partial charge is 0.266 e.